The van der Waals surface area contributed by atoms with Crippen molar-refractivity contribution in [3.8, 4) is 0 Å². The van der Waals surface area contributed by atoms with E-state index in [4.69, 9.17) is 9.26 Å². The Bertz CT molecular complexity index is 622. The van der Waals surface area contributed by atoms with E-state index in [0.29, 0.717) is 24.9 Å². The molecule has 0 saturated carbocycles. The smallest absolute Gasteiger partial charge is 0.240 e. The first-order valence-corrected chi connectivity index (χ1v) is 8.69. The van der Waals surface area contributed by atoms with Crippen LogP contribution in [0.2, 0.25) is 0 Å². The van der Waals surface area contributed by atoms with Gasteiger partial charge in [0.05, 0.1) is 6.54 Å². The van der Waals surface area contributed by atoms with Crippen LogP contribution in [0.4, 0.5) is 5.13 Å². The molecule has 3 heterocycles. The molecule has 0 radical (unpaired) electrons. The highest BCUT2D eigenvalue weighted by molar-refractivity contribution is 7.15. The molecule has 2 aromatic rings. The zero-order valence-corrected chi connectivity index (χ0v) is 14.5. The van der Waals surface area contributed by atoms with E-state index < -0.39 is 0 Å². The minimum atomic E-state index is -0.130. The maximum Gasteiger partial charge on any atom is 0.240 e. The topological polar surface area (TPSA) is 80.4 Å². The average molecular weight is 338 g/mol. The van der Waals surface area contributed by atoms with E-state index in [1.807, 2.05) is 20.8 Å². The van der Waals surface area contributed by atoms with Gasteiger partial charge < -0.3 is 14.2 Å². The lowest BCUT2D eigenvalue weighted by Crippen LogP contribution is -2.46. The van der Waals surface area contributed by atoms with E-state index in [0.717, 1.165) is 36.3 Å². The Labute approximate surface area is 139 Å². The summed E-state index contributed by atoms with van der Waals surface area (Å²) in [5.41, 5.74) is 0. The number of ether oxygens (including phenoxy) is 1. The molecular formula is C14H22N6O2S. The van der Waals surface area contributed by atoms with E-state index in [1.54, 1.807) is 11.3 Å². The van der Waals surface area contributed by atoms with Crippen LogP contribution < -0.4 is 4.90 Å². The zero-order valence-electron chi connectivity index (χ0n) is 13.7. The van der Waals surface area contributed by atoms with Gasteiger partial charge in [0.15, 0.2) is 5.82 Å². The van der Waals surface area contributed by atoms with Crippen LogP contribution in [0, 0.1) is 6.92 Å². The van der Waals surface area contributed by atoms with Crippen molar-refractivity contribution in [2.24, 2.45) is 0 Å². The van der Waals surface area contributed by atoms with Gasteiger partial charge in [-0.25, -0.2) is 0 Å². The zero-order chi connectivity index (χ0) is 16.2. The Morgan fingerprint density at radius 1 is 1.26 bits per heavy atom. The first kappa shape index (κ1) is 16.3. The molecular weight excluding hydrogens is 316 g/mol. The SMILES string of the molecule is CCOC(C)c1noc(CN2CCN(c3nnc(C)s3)CC2)n1. The van der Waals surface area contributed by atoms with Gasteiger partial charge in [-0.05, 0) is 20.8 Å². The van der Waals surface area contributed by atoms with Crippen molar-refractivity contribution in [2.75, 3.05) is 37.7 Å². The molecule has 0 spiro atoms. The van der Waals surface area contributed by atoms with E-state index >= 15 is 0 Å². The molecule has 0 aromatic carbocycles. The van der Waals surface area contributed by atoms with E-state index in [9.17, 15) is 0 Å². The third kappa shape index (κ3) is 4.04. The first-order chi connectivity index (χ1) is 11.2. The number of nitrogens with zero attached hydrogens (tertiary/aromatic N) is 6. The standard InChI is InChI=1S/C14H22N6O2S/c1-4-21-10(2)13-15-12(22-18-13)9-19-5-7-20(8-6-19)14-17-16-11(3)23-14/h10H,4-9H2,1-3H3. The Balaban J connectivity index is 1.51. The maximum atomic E-state index is 5.48. The Hall–Kier alpha value is -1.58. The van der Waals surface area contributed by atoms with Crippen molar-refractivity contribution in [3.63, 3.8) is 0 Å². The van der Waals surface area contributed by atoms with Gasteiger partial charge in [-0.1, -0.05) is 16.5 Å². The molecule has 0 aliphatic carbocycles. The second-order valence-electron chi connectivity index (χ2n) is 5.51. The molecule has 1 fully saturated rings. The summed E-state index contributed by atoms with van der Waals surface area (Å²) in [6.45, 7) is 10.9. The highest BCUT2D eigenvalue weighted by atomic mass is 32.1. The molecule has 2 aromatic heterocycles. The van der Waals surface area contributed by atoms with Crippen LogP contribution in [0.15, 0.2) is 4.52 Å². The van der Waals surface area contributed by atoms with Crippen molar-refractivity contribution in [1.29, 1.82) is 0 Å². The predicted molar refractivity (Wildman–Crippen MR) is 86.5 cm³/mol. The van der Waals surface area contributed by atoms with Gasteiger partial charge in [-0.2, -0.15) is 4.98 Å². The van der Waals surface area contributed by atoms with Crippen molar-refractivity contribution in [3.05, 3.63) is 16.7 Å². The second-order valence-corrected chi connectivity index (χ2v) is 6.67. The average Bonchev–Trinajstić information content (AvgIpc) is 3.18. The van der Waals surface area contributed by atoms with Crippen LogP contribution >= 0.6 is 11.3 Å². The number of piperazine rings is 1. The van der Waals surface area contributed by atoms with E-state index in [-0.39, 0.29) is 6.10 Å². The summed E-state index contributed by atoms with van der Waals surface area (Å²) in [7, 11) is 0. The van der Waals surface area contributed by atoms with Crippen molar-refractivity contribution in [2.45, 2.75) is 33.4 Å². The normalized spacial score (nSPS) is 17.6. The van der Waals surface area contributed by atoms with Gasteiger partial charge in [0.25, 0.3) is 0 Å². The summed E-state index contributed by atoms with van der Waals surface area (Å²) in [6.07, 6.45) is -0.130. The third-order valence-corrected chi connectivity index (χ3v) is 4.68. The number of rotatable bonds is 6. The Morgan fingerprint density at radius 2 is 2.04 bits per heavy atom. The summed E-state index contributed by atoms with van der Waals surface area (Å²) < 4.78 is 10.8. The molecule has 9 heteroatoms. The summed E-state index contributed by atoms with van der Waals surface area (Å²) in [5.74, 6) is 1.26. The van der Waals surface area contributed by atoms with Crippen LogP contribution in [0.5, 0.6) is 0 Å². The number of hydrogen-bond donors (Lipinski definition) is 0. The quantitative estimate of drug-likeness (QED) is 0.786. The molecule has 126 valence electrons. The Kier molecular flexibility index (Phi) is 5.19. The fraction of sp³-hybridized carbons (Fsp3) is 0.714. The van der Waals surface area contributed by atoms with Crippen molar-refractivity contribution in [1.82, 2.24) is 25.2 Å². The van der Waals surface area contributed by atoms with E-state index in [2.05, 4.69) is 30.1 Å². The molecule has 8 nitrogen and oxygen atoms in total. The largest absolute Gasteiger partial charge is 0.371 e. The Morgan fingerprint density at radius 3 is 2.70 bits per heavy atom. The molecule has 23 heavy (non-hydrogen) atoms. The molecule has 0 amide bonds. The minimum Gasteiger partial charge on any atom is -0.371 e. The number of hydrogen-bond acceptors (Lipinski definition) is 9. The van der Waals surface area contributed by atoms with E-state index in [1.165, 1.54) is 0 Å². The van der Waals surface area contributed by atoms with Crippen molar-refractivity contribution < 1.29 is 9.26 Å². The van der Waals surface area contributed by atoms with Gasteiger partial charge >= 0.3 is 0 Å². The molecule has 1 aliphatic rings. The summed E-state index contributed by atoms with van der Waals surface area (Å²) in [4.78, 5) is 9.01. The van der Waals surface area contributed by atoms with Crippen LogP contribution in [0.3, 0.4) is 0 Å². The summed E-state index contributed by atoms with van der Waals surface area (Å²) >= 11 is 1.64. The molecule has 1 atom stereocenters. The fourth-order valence-corrected chi connectivity index (χ4v) is 3.26. The highest BCUT2D eigenvalue weighted by Crippen LogP contribution is 2.21. The van der Waals surface area contributed by atoms with Gasteiger partial charge in [-0.3, -0.25) is 4.90 Å². The lowest BCUT2D eigenvalue weighted by atomic mass is 10.3. The number of aryl methyl sites for hydroxylation is 1. The first-order valence-electron chi connectivity index (χ1n) is 7.87. The lowest BCUT2D eigenvalue weighted by molar-refractivity contribution is 0.0683. The third-order valence-electron chi connectivity index (χ3n) is 3.78. The summed E-state index contributed by atoms with van der Waals surface area (Å²) in [6, 6.07) is 0. The van der Waals surface area contributed by atoms with Gasteiger partial charge in [0.2, 0.25) is 11.0 Å². The predicted octanol–water partition coefficient (Wildman–Crippen LogP) is 1.65. The van der Waals surface area contributed by atoms with Crippen LogP contribution in [-0.4, -0.2) is 58.0 Å². The molecule has 0 N–H and O–H groups in total. The molecule has 1 unspecified atom stereocenters. The van der Waals surface area contributed by atoms with Gasteiger partial charge in [0, 0.05) is 32.8 Å². The molecule has 1 saturated heterocycles. The van der Waals surface area contributed by atoms with Gasteiger partial charge in [0.1, 0.15) is 11.1 Å². The number of aromatic nitrogens is 4. The van der Waals surface area contributed by atoms with Crippen LogP contribution in [0.1, 0.15) is 36.7 Å². The van der Waals surface area contributed by atoms with Crippen LogP contribution in [0.25, 0.3) is 0 Å². The number of anilines is 1. The van der Waals surface area contributed by atoms with Crippen molar-refractivity contribution >= 4 is 16.5 Å². The second kappa shape index (κ2) is 7.33. The van der Waals surface area contributed by atoms with Gasteiger partial charge in [-0.15, -0.1) is 10.2 Å². The molecule has 0 bridgehead atoms. The maximum absolute atomic E-state index is 5.48. The lowest BCUT2D eigenvalue weighted by Gasteiger charge is -2.33. The summed E-state index contributed by atoms with van der Waals surface area (Å²) in [5, 5.41) is 14.3. The molecule has 1 aliphatic heterocycles. The fourth-order valence-electron chi connectivity index (χ4n) is 2.52. The minimum absolute atomic E-state index is 0.130. The monoisotopic (exact) mass is 338 g/mol. The van der Waals surface area contributed by atoms with Crippen LogP contribution in [-0.2, 0) is 11.3 Å². The highest BCUT2D eigenvalue weighted by Gasteiger charge is 2.22. The molecule has 3 rings (SSSR count).